The van der Waals surface area contributed by atoms with E-state index in [1.807, 2.05) is 33.8 Å². The van der Waals surface area contributed by atoms with E-state index in [-0.39, 0.29) is 23.1 Å². The minimum atomic E-state index is -1.50. The number of benzene rings is 1. The van der Waals surface area contributed by atoms with Crippen LogP contribution >= 0.6 is 0 Å². The zero-order valence-electron chi connectivity index (χ0n) is 22.1. The predicted octanol–water partition coefficient (Wildman–Crippen LogP) is 4.34. The highest BCUT2D eigenvalue weighted by Gasteiger charge is 2.26. The van der Waals surface area contributed by atoms with Gasteiger partial charge in [-0.15, -0.1) is 0 Å². The summed E-state index contributed by atoms with van der Waals surface area (Å²) in [6.07, 6.45) is 2.44. The molecule has 0 unspecified atom stereocenters. The van der Waals surface area contributed by atoms with Gasteiger partial charge in [-0.2, -0.15) is 4.98 Å². The van der Waals surface area contributed by atoms with Gasteiger partial charge in [-0.25, -0.2) is 23.7 Å². The predicted molar refractivity (Wildman–Crippen MR) is 143 cm³/mol. The van der Waals surface area contributed by atoms with Gasteiger partial charge in [-0.3, -0.25) is 4.79 Å². The molecule has 0 radical (unpaired) electrons. The van der Waals surface area contributed by atoms with E-state index in [9.17, 15) is 14.3 Å². The molecule has 0 aliphatic carbocycles. The number of nitrogens with zero attached hydrogens (tertiary/aromatic N) is 5. The SMILES string of the molecule is CC.CC(C)n1c(=O)c2cnc(Nc3ccc4c(c3)CCNC4)nc2n1-c1ccc(F)c(C(C)(C)O)n1. The van der Waals surface area contributed by atoms with Crippen LogP contribution in [0.4, 0.5) is 16.0 Å². The summed E-state index contributed by atoms with van der Waals surface area (Å²) in [5.41, 5.74) is 1.83. The second-order valence-corrected chi connectivity index (χ2v) is 9.58. The van der Waals surface area contributed by atoms with Gasteiger partial charge in [0.25, 0.3) is 5.56 Å². The van der Waals surface area contributed by atoms with Crippen molar-refractivity contribution in [1.29, 1.82) is 0 Å². The van der Waals surface area contributed by atoms with Crippen molar-refractivity contribution in [2.24, 2.45) is 0 Å². The van der Waals surface area contributed by atoms with Crippen LogP contribution in [0.15, 0.2) is 41.3 Å². The number of hydrogen-bond acceptors (Lipinski definition) is 7. The standard InChI is InChI=1S/C25H28FN7O2.C2H6/c1-14(2)32-23(34)18-13-28-24(29-17-6-5-16-12-27-10-9-15(16)11-17)31-22(18)33(32)20-8-7-19(26)21(30-20)25(3,4)35;1-2/h5-8,11,13-14,27,35H,9-10,12H2,1-4H3,(H,28,29,31);1-2H3. The number of pyridine rings is 1. The number of hydrogen-bond donors (Lipinski definition) is 3. The van der Waals surface area contributed by atoms with Gasteiger partial charge in [0.2, 0.25) is 5.95 Å². The second kappa shape index (κ2) is 10.4. The maximum atomic E-state index is 14.4. The molecule has 0 saturated heterocycles. The van der Waals surface area contributed by atoms with Crippen molar-refractivity contribution in [3.8, 4) is 5.82 Å². The lowest BCUT2D eigenvalue weighted by atomic mass is 10.0. The number of rotatable bonds is 5. The van der Waals surface area contributed by atoms with Gasteiger partial charge in [0.15, 0.2) is 11.5 Å². The number of halogens is 1. The first-order valence-electron chi connectivity index (χ1n) is 12.6. The number of anilines is 2. The van der Waals surface area contributed by atoms with Crippen molar-refractivity contribution in [2.75, 3.05) is 11.9 Å². The highest BCUT2D eigenvalue weighted by atomic mass is 19.1. The molecule has 4 heterocycles. The van der Waals surface area contributed by atoms with Crippen LogP contribution in [0.3, 0.4) is 0 Å². The van der Waals surface area contributed by atoms with Crippen molar-refractivity contribution < 1.29 is 9.50 Å². The van der Waals surface area contributed by atoms with Crippen molar-refractivity contribution >= 4 is 22.7 Å². The van der Waals surface area contributed by atoms with Gasteiger partial charge in [0.1, 0.15) is 22.5 Å². The Balaban J connectivity index is 0.00000156. The van der Waals surface area contributed by atoms with Crippen molar-refractivity contribution in [1.82, 2.24) is 29.6 Å². The molecule has 0 bridgehead atoms. The minimum Gasteiger partial charge on any atom is -0.384 e. The molecule has 3 aromatic heterocycles. The third-order valence-electron chi connectivity index (χ3n) is 6.09. The molecular formula is C27H34FN7O2. The first kappa shape index (κ1) is 26.4. The normalized spacial score (nSPS) is 13.3. The topological polar surface area (TPSA) is 110 Å². The number of aliphatic hydroxyl groups is 1. The monoisotopic (exact) mass is 507 g/mol. The lowest BCUT2D eigenvalue weighted by Crippen LogP contribution is -2.26. The quantitative estimate of drug-likeness (QED) is 0.369. The van der Waals surface area contributed by atoms with Crippen molar-refractivity contribution in [2.45, 2.75) is 66.2 Å². The van der Waals surface area contributed by atoms with Gasteiger partial charge in [-0.05, 0) is 76.1 Å². The number of aromatic nitrogens is 5. The Hall–Kier alpha value is -3.63. The third-order valence-corrected chi connectivity index (χ3v) is 6.09. The molecule has 9 nitrogen and oxygen atoms in total. The lowest BCUT2D eigenvalue weighted by Gasteiger charge is -2.20. The highest BCUT2D eigenvalue weighted by molar-refractivity contribution is 5.77. The molecule has 1 aliphatic heterocycles. The summed E-state index contributed by atoms with van der Waals surface area (Å²) >= 11 is 0. The molecule has 0 saturated carbocycles. The fraction of sp³-hybridized carbons (Fsp3) is 0.407. The molecule has 0 spiro atoms. The molecule has 10 heteroatoms. The van der Waals surface area contributed by atoms with Gasteiger partial charge in [-0.1, -0.05) is 19.9 Å². The van der Waals surface area contributed by atoms with Crippen LogP contribution in [0.2, 0.25) is 0 Å². The largest absolute Gasteiger partial charge is 0.384 e. The van der Waals surface area contributed by atoms with Gasteiger partial charge < -0.3 is 15.7 Å². The van der Waals surface area contributed by atoms with Crippen LogP contribution in [0.25, 0.3) is 16.9 Å². The number of fused-ring (bicyclic) bond motifs is 2. The van der Waals surface area contributed by atoms with Crippen LogP contribution in [0.1, 0.15) is 64.4 Å². The van der Waals surface area contributed by atoms with Crippen LogP contribution in [0, 0.1) is 5.82 Å². The maximum absolute atomic E-state index is 14.4. The first-order valence-corrected chi connectivity index (χ1v) is 12.6. The Bertz CT molecular complexity index is 1480. The fourth-order valence-electron chi connectivity index (χ4n) is 4.41. The van der Waals surface area contributed by atoms with Crippen LogP contribution in [0.5, 0.6) is 0 Å². The summed E-state index contributed by atoms with van der Waals surface area (Å²) in [4.78, 5) is 26.6. The summed E-state index contributed by atoms with van der Waals surface area (Å²) in [6.45, 7) is 12.4. The Morgan fingerprint density at radius 3 is 2.59 bits per heavy atom. The van der Waals surface area contributed by atoms with E-state index in [1.165, 1.54) is 48.0 Å². The Labute approximate surface area is 215 Å². The van der Waals surface area contributed by atoms with Crippen LogP contribution in [-0.2, 0) is 18.6 Å². The maximum Gasteiger partial charge on any atom is 0.278 e. The molecule has 1 aliphatic rings. The van der Waals surface area contributed by atoms with E-state index < -0.39 is 11.4 Å². The Kier molecular flexibility index (Phi) is 7.42. The first-order chi connectivity index (χ1) is 17.6. The molecule has 0 fully saturated rings. The van der Waals surface area contributed by atoms with E-state index >= 15 is 0 Å². The van der Waals surface area contributed by atoms with E-state index in [0.29, 0.717) is 17.0 Å². The molecule has 0 atom stereocenters. The Morgan fingerprint density at radius 1 is 1.14 bits per heavy atom. The lowest BCUT2D eigenvalue weighted by molar-refractivity contribution is 0.0694. The summed E-state index contributed by atoms with van der Waals surface area (Å²) in [7, 11) is 0. The fourth-order valence-corrected chi connectivity index (χ4v) is 4.41. The average Bonchev–Trinajstić information content (AvgIpc) is 3.16. The van der Waals surface area contributed by atoms with E-state index in [2.05, 4.69) is 37.7 Å². The summed E-state index contributed by atoms with van der Waals surface area (Å²) < 4.78 is 17.5. The molecule has 196 valence electrons. The molecule has 4 aromatic rings. The van der Waals surface area contributed by atoms with Crippen LogP contribution in [-0.4, -0.2) is 36.0 Å². The smallest absolute Gasteiger partial charge is 0.278 e. The van der Waals surface area contributed by atoms with Crippen LogP contribution < -0.4 is 16.2 Å². The summed E-state index contributed by atoms with van der Waals surface area (Å²) in [5, 5.41) is 17.3. The average molecular weight is 508 g/mol. The third kappa shape index (κ3) is 5.12. The van der Waals surface area contributed by atoms with Gasteiger partial charge >= 0.3 is 0 Å². The summed E-state index contributed by atoms with van der Waals surface area (Å²) in [5.74, 6) is -0.0307. The van der Waals surface area contributed by atoms with Crippen molar-refractivity contribution in [3.63, 3.8) is 0 Å². The second-order valence-electron chi connectivity index (χ2n) is 9.58. The highest BCUT2D eigenvalue weighted by Crippen LogP contribution is 2.25. The van der Waals surface area contributed by atoms with Gasteiger partial charge in [0, 0.05) is 24.5 Å². The Morgan fingerprint density at radius 2 is 1.89 bits per heavy atom. The zero-order valence-corrected chi connectivity index (χ0v) is 22.1. The molecule has 37 heavy (non-hydrogen) atoms. The van der Waals surface area contributed by atoms with Gasteiger partial charge in [0.05, 0.1) is 0 Å². The number of nitrogens with one attached hydrogen (secondary N) is 2. The zero-order chi connectivity index (χ0) is 26.9. The molecule has 3 N–H and O–H groups in total. The van der Waals surface area contributed by atoms with E-state index in [4.69, 9.17) is 0 Å². The summed E-state index contributed by atoms with van der Waals surface area (Å²) in [6, 6.07) is 8.61. The molecule has 5 rings (SSSR count). The molecule has 0 amide bonds. The van der Waals surface area contributed by atoms with E-state index in [0.717, 1.165) is 25.2 Å². The van der Waals surface area contributed by atoms with E-state index in [1.54, 1.807) is 4.68 Å². The molecular weight excluding hydrogens is 473 g/mol. The molecule has 1 aromatic carbocycles. The minimum absolute atomic E-state index is 0.115. The van der Waals surface area contributed by atoms with Crippen molar-refractivity contribution in [3.05, 3.63) is 69.5 Å².